The van der Waals surface area contributed by atoms with E-state index < -0.39 is 0 Å². The lowest BCUT2D eigenvalue weighted by Crippen LogP contribution is -2.49. The number of aryl methyl sites for hydroxylation is 2. The van der Waals surface area contributed by atoms with E-state index in [2.05, 4.69) is 46.9 Å². The highest BCUT2D eigenvalue weighted by Gasteiger charge is 2.24. The zero-order valence-electron chi connectivity index (χ0n) is 13.9. The van der Waals surface area contributed by atoms with Crippen molar-refractivity contribution in [2.45, 2.75) is 20.8 Å². The highest BCUT2D eigenvalue weighted by Crippen LogP contribution is 2.24. The largest absolute Gasteiger partial charge is 0.368 e. The summed E-state index contributed by atoms with van der Waals surface area (Å²) in [5.74, 6) is -0.00360. The summed E-state index contributed by atoms with van der Waals surface area (Å²) in [4.78, 5) is 24.9. The average molecular weight is 310 g/mol. The Morgan fingerprint density at radius 1 is 1.04 bits per heavy atom. The van der Waals surface area contributed by atoms with E-state index in [4.69, 9.17) is 0 Å². The third kappa shape index (κ3) is 3.18. The van der Waals surface area contributed by atoms with Crippen molar-refractivity contribution in [2.24, 2.45) is 0 Å². The van der Waals surface area contributed by atoms with Crippen molar-refractivity contribution in [3.05, 3.63) is 53.1 Å². The predicted octanol–water partition coefficient (Wildman–Crippen LogP) is 2.36. The number of anilines is 1. The average Bonchev–Trinajstić information content (AvgIpc) is 2.57. The Balaban J connectivity index is 1.69. The van der Waals surface area contributed by atoms with E-state index in [1.54, 1.807) is 6.07 Å². The van der Waals surface area contributed by atoms with Crippen LogP contribution in [0.4, 0.5) is 5.69 Å². The summed E-state index contributed by atoms with van der Waals surface area (Å²) in [5.41, 5.74) is 5.20. The molecule has 1 saturated heterocycles. The Kier molecular flexibility index (Phi) is 4.28. The molecule has 0 bridgehead atoms. The molecule has 1 fully saturated rings. The third-order valence-electron chi connectivity index (χ3n) is 4.51. The maximum absolute atomic E-state index is 12.5. The molecular formula is C18H22N4O. The number of carbonyl (C=O) groups is 1. The molecule has 3 rings (SSSR count). The molecule has 5 nitrogen and oxygen atoms in total. The summed E-state index contributed by atoms with van der Waals surface area (Å²) in [6.45, 7) is 9.30. The van der Waals surface area contributed by atoms with Gasteiger partial charge in [0.25, 0.3) is 5.91 Å². The van der Waals surface area contributed by atoms with Gasteiger partial charge in [0.15, 0.2) is 0 Å². The van der Waals surface area contributed by atoms with Gasteiger partial charge in [-0.2, -0.15) is 0 Å². The maximum atomic E-state index is 12.5. The molecule has 1 amide bonds. The quantitative estimate of drug-likeness (QED) is 0.854. The van der Waals surface area contributed by atoms with Crippen LogP contribution in [0.15, 0.2) is 30.6 Å². The van der Waals surface area contributed by atoms with Crippen molar-refractivity contribution in [2.75, 3.05) is 31.1 Å². The second-order valence-electron chi connectivity index (χ2n) is 6.04. The van der Waals surface area contributed by atoms with E-state index in [1.165, 1.54) is 23.1 Å². The summed E-state index contributed by atoms with van der Waals surface area (Å²) < 4.78 is 0. The van der Waals surface area contributed by atoms with E-state index in [1.807, 2.05) is 11.8 Å². The number of carbonyl (C=O) groups excluding carboxylic acids is 1. The molecule has 0 atom stereocenters. The molecule has 0 saturated carbocycles. The lowest BCUT2D eigenvalue weighted by molar-refractivity contribution is 0.0740. The fourth-order valence-electron chi connectivity index (χ4n) is 2.96. The molecule has 120 valence electrons. The number of nitrogens with zero attached hydrogens (tertiary/aromatic N) is 4. The van der Waals surface area contributed by atoms with Gasteiger partial charge >= 0.3 is 0 Å². The molecule has 0 N–H and O–H groups in total. The van der Waals surface area contributed by atoms with Crippen LogP contribution in [0, 0.1) is 20.8 Å². The molecule has 5 heteroatoms. The molecule has 1 aliphatic rings. The van der Waals surface area contributed by atoms with Gasteiger partial charge in [0.2, 0.25) is 0 Å². The lowest BCUT2D eigenvalue weighted by Gasteiger charge is -2.37. The number of rotatable bonds is 2. The van der Waals surface area contributed by atoms with Crippen molar-refractivity contribution >= 4 is 11.6 Å². The molecule has 2 aromatic rings. The van der Waals surface area contributed by atoms with Gasteiger partial charge in [0, 0.05) is 37.6 Å². The van der Waals surface area contributed by atoms with Crippen molar-refractivity contribution in [1.29, 1.82) is 0 Å². The molecular weight excluding hydrogens is 288 g/mol. The predicted molar refractivity (Wildman–Crippen MR) is 90.8 cm³/mol. The normalized spacial score (nSPS) is 14.9. The van der Waals surface area contributed by atoms with Crippen LogP contribution in [0.25, 0.3) is 0 Å². The van der Waals surface area contributed by atoms with Crippen molar-refractivity contribution in [3.8, 4) is 0 Å². The SMILES string of the molecule is Cc1cc(C(=O)N2CCN(c3cccc(C)c3C)CC2)ncn1. The van der Waals surface area contributed by atoms with Crippen LogP contribution in [0.3, 0.4) is 0 Å². The molecule has 0 radical (unpaired) electrons. The van der Waals surface area contributed by atoms with Crippen LogP contribution < -0.4 is 4.90 Å². The van der Waals surface area contributed by atoms with E-state index in [0.717, 1.165) is 31.9 Å². The maximum Gasteiger partial charge on any atom is 0.272 e. The fourth-order valence-corrected chi connectivity index (χ4v) is 2.96. The third-order valence-corrected chi connectivity index (χ3v) is 4.51. The van der Waals surface area contributed by atoms with E-state index >= 15 is 0 Å². The van der Waals surface area contributed by atoms with Crippen LogP contribution in [0.5, 0.6) is 0 Å². The van der Waals surface area contributed by atoms with Gasteiger partial charge in [0.1, 0.15) is 12.0 Å². The number of piperazine rings is 1. The van der Waals surface area contributed by atoms with Gasteiger partial charge < -0.3 is 9.80 Å². The molecule has 0 unspecified atom stereocenters. The monoisotopic (exact) mass is 310 g/mol. The number of hydrogen-bond donors (Lipinski definition) is 0. The van der Waals surface area contributed by atoms with E-state index in [-0.39, 0.29) is 5.91 Å². The van der Waals surface area contributed by atoms with Crippen molar-refractivity contribution < 1.29 is 4.79 Å². The minimum absolute atomic E-state index is 0.00360. The molecule has 1 aromatic carbocycles. The number of aromatic nitrogens is 2. The topological polar surface area (TPSA) is 49.3 Å². The molecule has 2 heterocycles. The number of benzene rings is 1. The summed E-state index contributed by atoms with van der Waals surface area (Å²) in [5, 5.41) is 0. The summed E-state index contributed by atoms with van der Waals surface area (Å²) in [6, 6.07) is 8.14. The Morgan fingerprint density at radius 3 is 2.48 bits per heavy atom. The van der Waals surface area contributed by atoms with Crippen molar-refractivity contribution in [1.82, 2.24) is 14.9 Å². The second kappa shape index (κ2) is 6.36. The van der Waals surface area contributed by atoms with Gasteiger partial charge in [0.05, 0.1) is 0 Å². The first kappa shape index (κ1) is 15.5. The molecule has 1 aromatic heterocycles. The van der Waals surface area contributed by atoms with Gasteiger partial charge in [-0.25, -0.2) is 9.97 Å². The minimum atomic E-state index is -0.00360. The summed E-state index contributed by atoms with van der Waals surface area (Å²) in [6.07, 6.45) is 1.45. The first-order valence-electron chi connectivity index (χ1n) is 7.95. The smallest absolute Gasteiger partial charge is 0.272 e. The molecule has 1 aliphatic heterocycles. The minimum Gasteiger partial charge on any atom is -0.368 e. The van der Waals surface area contributed by atoms with Crippen LogP contribution in [-0.4, -0.2) is 47.0 Å². The first-order chi connectivity index (χ1) is 11.1. The van der Waals surface area contributed by atoms with E-state index in [0.29, 0.717) is 5.69 Å². The first-order valence-corrected chi connectivity index (χ1v) is 7.95. The number of hydrogen-bond acceptors (Lipinski definition) is 4. The fraction of sp³-hybridized carbons (Fsp3) is 0.389. The van der Waals surface area contributed by atoms with Gasteiger partial charge in [-0.3, -0.25) is 4.79 Å². The van der Waals surface area contributed by atoms with E-state index in [9.17, 15) is 4.79 Å². The van der Waals surface area contributed by atoms with Gasteiger partial charge in [-0.05, 0) is 44.0 Å². The summed E-state index contributed by atoms with van der Waals surface area (Å²) >= 11 is 0. The Labute approximate surface area is 137 Å². The zero-order chi connectivity index (χ0) is 16.4. The van der Waals surface area contributed by atoms with Crippen LogP contribution in [0.1, 0.15) is 27.3 Å². The Bertz CT molecular complexity index is 721. The van der Waals surface area contributed by atoms with Crippen LogP contribution in [0.2, 0.25) is 0 Å². The Hall–Kier alpha value is -2.43. The zero-order valence-corrected chi connectivity index (χ0v) is 13.9. The molecule has 0 spiro atoms. The highest BCUT2D eigenvalue weighted by atomic mass is 16.2. The highest BCUT2D eigenvalue weighted by molar-refractivity contribution is 5.92. The van der Waals surface area contributed by atoms with Gasteiger partial charge in [-0.1, -0.05) is 12.1 Å². The second-order valence-corrected chi connectivity index (χ2v) is 6.04. The number of amides is 1. The van der Waals surface area contributed by atoms with Gasteiger partial charge in [-0.15, -0.1) is 0 Å². The van der Waals surface area contributed by atoms with Crippen LogP contribution in [-0.2, 0) is 0 Å². The molecule has 23 heavy (non-hydrogen) atoms. The Morgan fingerprint density at radius 2 is 1.78 bits per heavy atom. The standard InChI is InChI=1S/C18H22N4O/c1-13-5-4-6-17(15(13)3)21-7-9-22(10-8-21)18(23)16-11-14(2)19-12-20-16/h4-6,11-12H,7-10H2,1-3H3. The molecule has 0 aliphatic carbocycles. The lowest BCUT2D eigenvalue weighted by atomic mass is 10.1. The summed E-state index contributed by atoms with van der Waals surface area (Å²) in [7, 11) is 0. The van der Waals surface area contributed by atoms with Crippen molar-refractivity contribution in [3.63, 3.8) is 0 Å². The van der Waals surface area contributed by atoms with Crippen LogP contribution >= 0.6 is 0 Å².